The van der Waals surface area contributed by atoms with Gasteiger partial charge in [0.2, 0.25) is 11.8 Å². The maximum Gasteiger partial charge on any atom is 0.242 e. The molecule has 0 N–H and O–H groups in total. The van der Waals surface area contributed by atoms with Crippen LogP contribution in [0.5, 0.6) is 0 Å². The largest absolute Gasteiger partial charge is 0.368 e. The molecule has 34 heavy (non-hydrogen) atoms. The van der Waals surface area contributed by atoms with E-state index in [2.05, 4.69) is 20.8 Å². The Kier molecular flexibility index (Phi) is 6.47. The highest BCUT2D eigenvalue weighted by Gasteiger charge is 2.29. The van der Waals surface area contributed by atoms with Crippen LogP contribution in [-0.2, 0) is 9.59 Å². The summed E-state index contributed by atoms with van der Waals surface area (Å²) >= 11 is 5.01. The summed E-state index contributed by atoms with van der Waals surface area (Å²) in [4.78, 5) is 37.7. The van der Waals surface area contributed by atoms with Crippen LogP contribution in [0, 0.1) is 5.82 Å². The minimum absolute atomic E-state index is 0.0245. The van der Waals surface area contributed by atoms with Crippen LogP contribution >= 0.6 is 27.3 Å². The average Bonchev–Trinajstić information content (AvgIpc) is 3.23. The number of para-hydroxylation sites is 2. The third-order valence-electron chi connectivity index (χ3n) is 6.02. The first-order valence-electron chi connectivity index (χ1n) is 11.0. The first-order chi connectivity index (χ1) is 16.5. The van der Waals surface area contributed by atoms with Crippen LogP contribution in [0.15, 0.2) is 69.4 Å². The van der Waals surface area contributed by atoms with Gasteiger partial charge in [-0.1, -0.05) is 12.1 Å². The van der Waals surface area contributed by atoms with Crippen LogP contribution in [0.25, 0.3) is 0 Å². The number of benzene rings is 2. The van der Waals surface area contributed by atoms with Crippen molar-refractivity contribution in [1.29, 1.82) is 0 Å². The number of piperazine rings is 1. The molecular weight excluding hydrogens is 519 g/mol. The minimum atomic E-state index is -0.265. The van der Waals surface area contributed by atoms with E-state index in [-0.39, 0.29) is 30.6 Å². The van der Waals surface area contributed by atoms with Gasteiger partial charge in [-0.25, -0.2) is 9.38 Å². The zero-order chi connectivity index (χ0) is 23.7. The van der Waals surface area contributed by atoms with E-state index in [1.165, 1.54) is 23.5 Å². The maximum atomic E-state index is 13.3. The fourth-order valence-corrected chi connectivity index (χ4v) is 5.60. The molecule has 0 saturated carbocycles. The number of rotatable bonds is 4. The van der Waals surface area contributed by atoms with Gasteiger partial charge in [0.25, 0.3) is 0 Å². The molecule has 0 aliphatic carbocycles. The Morgan fingerprint density at radius 3 is 2.44 bits per heavy atom. The number of thiophene rings is 1. The highest BCUT2D eigenvalue weighted by Crippen LogP contribution is 2.34. The molecular formula is C25H22BrFN4O2S. The molecule has 174 valence electrons. The molecule has 1 fully saturated rings. The Bertz CT molecular complexity index is 1250. The molecule has 2 aromatic carbocycles. The van der Waals surface area contributed by atoms with Gasteiger partial charge in [0, 0.05) is 31.9 Å². The number of anilines is 2. The standard InChI is InChI=1S/C25H22BrFN4O2S/c26-23-10-9-22(34-23)20-15-24(32)31(21-4-2-1-3-19(21)28-20)16-25(33)30-13-11-29(12-14-30)18-7-5-17(27)6-8-18/h1-10H,11-16H2. The SMILES string of the molecule is O=C(CN1C(=O)CC(c2ccc(Br)s2)=Nc2ccccc21)N1CCN(c2ccc(F)cc2)CC1. The van der Waals surface area contributed by atoms with Crippen molar-refractivity contribution in [2.24, 2.45) is 4.99 Å². The van der Waals surface area contributed by atoms with Crippen LogP contribution in [0.3, 0.4) is 0 Å². The van der Waals surface area contributed by atoms with Crippen molar-refractivity contribution in [3.63, 3.8) is 0 Å². The van der Waals surface area contributed by atoms with Crippen molar-refractivity contribution in [3.8, 4) is 0 Å². The van der Waals surface area contributed by atoms with Gasteiger partial charge < -0.3 is 14.7 Å². The Morgan fingerprint density at radius 1 is 1.00 bits per heavy atom. The van der Waals surface area contributed by atoms with Crippen LogP contribution < -0.4 is 9.80 Å². The molecule has 6 nitrogen and oxygen atoms in total. The lowest BCUT2D eigenvalue weighted by molar-refractivity contribution is -0.131. The molecule has 1 saturated heterocycles. The number of nitrogens with zero attached hydrogens (tertiary/aromatic N) is 4. The van der Waals surface area contributed by atoms with E-state index in [4.69, 9.17) is 4.99 Å². The topological polar surface area (TPSA) is 56.2 Å². The van der Waals surface area contributed by atoms with Gasteiger partial charge >= 0.3 is 0 Å². The summed E-state index contributed by atoms with van der Waals surface area (Å²) in [5, 5.41) is 0. The summed E-state index contributed by atoms with van der Waals surface area (Å²) in [6.07, 6.45) is 0.132. The van der Waals surface area contributed by atoms with Gasteiger partial charge in [0.05, 0.1) is 32.2 Å². The van der Waals surface area contributed by atoms with E-state index in [9.17, 15) is 14.0 Å². The number of carbonyl (C=O) groups is 2. The third-order valence-corrected chi connectivity index (χ3v) is 7.70. The average molecular weight is 541 g/mol. The molecule has 3 aromatic rings. The zero-order valence-electron chi connectivity index (χ0n) is 18.3. The van der Waals surface area contributed by atoms with Gasteiger partial charge in [0.1, 0.15) is 12.4 Å². The second kappa shape index (κ2) is 9.68. The molecule has 0 spiro atoms. The number of aliphatic imine (C=N–C) groups is 1. The maximum absolute atomic E-state index is 13.3. The summed E-state index contributed by atoms with van der Waals surface area (Å²) in [5.41, 5.74) is 2.98. The molecule has 5 rings (SSSR count). The second-order valence-corrected chi connectivity index (χ2v) is 10.6. The Hall–Kier alpha value is -3.04. The van der Waals surface area contributed by atoms with Crippen molar-refractivity contribution in [2.75, 3.05) is 42.5 Å². The summed E-state index contributed by atoms with van der Waals surface area (Å²) < 4.78 is 14.2. The van der Waals surface area contributed by atoms with E-state index in [0.29, 0.717) is 43.3 Å². The summed E-state index contributed by atoms with van der Waals surface area (Å²) in [6.45, 7) is 2.38. The summed E-state index contributed by atoms with van der Waals surface area (Å²) in [7, 11) is 0. The van der Waals surface area contributed by atoms with Gasteiger partial charge in [-0.2, -0.15) is 0 Å². The lowest BCUT2D eigenvalue weighted by Crippen LogP contribution is -2.52. The van der Waals surface area contributed by atoms with E-state index in [0.717, 1.165) is 14.4 Å². The smallest absolute Gasteiger partial charge is 0.242 e. The fourth-order valence-electron chi connectivity index (χ4n) is 4.23. The van der Waals surface area contributed by atoms with Crippen molar-refractivity contribution >= 4 is 61.9 Å². The van der Waals surface area contributed by atoms with Gasteiger partial charge in [0.15, 0.2) is 0 Å². The highest BCUT2D eigenvalue weighted by molar-refractivity contribution is 9.11. The van der Waals surface area contributed by atoms with Crippen LogP contribution in [-0.4, -0.2) is 55.1 Å². The fraction of sp³-hybridized carbons (Fsp3) is 0.240. The molecule has 2 aliphatic heterocycles. The number of halogens is 2. The van der Waals surface area contributed by atoms with E-state index < -0.39 is 0 Å². The van der Waals surface area contributed by atoms with Gasteiger partial charge in [-0.05, 0) is 64.5 Å². The Balaban J connectivity index is 1.29. The highest BCUT2D eigenvalue weighted by atomic mass is 79.9. The first kappa shape index (κ1) is 22.7. The van der Waals surface area contributed by atoms with Crippen LogP contribution in [0.4, 0.5) is 21.5 Å². The molecule has 0 radical (unpaired) electrons. The monoisotopic (exact) mass is 540 g/mol. The normalized spacial score (nSPS) is 16.2. The predicted octanol–water partition coefficient (Wildman–Crippen LogP) is 4.86. The number of carbonyl (C=O) groups excluding carboxylic acids is 2. The third kappa shape index (κ3) is 4.76. The number of hydrogen-bond acceptors (Lipinski definition) is 5. The molecule has 0 unspecified atom stereocenters. The quantitative estimate of drug-likeness (QED) is 0.475. The molecule has 2 amide bonds. The number of amides is 2. The summed E-state index contributed by atoms with van der Waals surface area (Å²) in [6, 6.07) is 17.7. The van der Waals surface area contributed by atoms with E-state index in [1.807, 2.05) is 36.4 Å². The lowest BCUT2D eigenvalue weighted by Gasteiger charge is -2.37. The van der Waals surface area contributed by atoms with Crippen molar-refractivity contribution < 1.29 is 14.0 Å². The molecule has 0 atom stereocenters. The molecule has 3 heterocycles. The molecule has 0 bridgehead atoms. The predicted molar refractivity (Wildman–Crippen MR) is 137 cm³/mol. The summed E-state index contributed by atoms with van der Waals surface area (Å²) in [5.74, 6) is -0.505. The molecule has 2 aliphatic rings. The first-order valence-corrected chi connectivity index (χ1v) is 12.6. The number of fused-ring (bicyclic) bond motifs is 1. The van der Waals surface area contributed by atoms with E-state index >= 15 is 0 Å². The zero-order valence-corrected chi connectivity index (χ0v) is 20.7. The Morgan fingerprint density at radius 2 is 1.74 bits per heavy atom. The lowest BCUT2D eigenvalue weighted by atomic mass is 10.2. The molecule has 9 heteroatoms. The van der Waals surface area contributed by atoms with E-state index in [1.54, 1.807) is 21.9 Å². The number of hydrogen-bond donors (Lipinski definition) is 0. The van der Waals surface area contributed by atoms with Crippen LogP contribution in [0.2, 0.25) is 0 Å². The van der Waals surface area contributed by atoms with Crippen molar-refractivity contribution in [3.05, 3.63) is 75.1 Å². The van der Waals surface area contributed by atoms with Gasteiger partial charge in [-0.3, -0.25) is 9.59 Å². The van der Waals surface area contributed by atoms with Gasteiger partial charge in [-0.15, -0.1) is 11.3 Å². The van der Waals surface area contributed by atoms with Crippen LogP contribution in [0.1, 0.15) is 11.3 Å². The minimum Gasteiger partial charge on any atom is -0.368 e. The second-order valence-electron chi connectivity index (χ2n) is 8.15. The Labute approximate surface area is 209 Å². The van der Waals surface area contributed by atoms with Crippen molar-refractivity contribution in [1.82, 2.24) is 4.90 Å². The molecule has 1 aromatic heterocycles. The van der Waals surface area contributed by atoms with Crippen molar-refractivity contribution in [2.45, 2.75) is 6.42 Å².